The van der Waals surface area contributed by atoms with Gasteiger partial charge in [0, 0.05) is 12.1 Å². The second-order valence-corrected chi connectivity index (χ2v) is 5.22. The van der Waals surface area contributed by atoms with Crippen molar-refractivity contribution in [2.45, 2.75) is 26.3 Å². The van der Waals surface area contributed by atoms with Crippen LogP contribution in [-0.2, 0) is 0 Å². The lowest BCUT2D eigenvalue weighted by atomic mass is 10.0. The summed E-state index contributed by atoms with van der Waals surface area (Å²) < 4.78 is 0. The van der Waals surface area contributed by atoms with Crippen LogP contribution in [0, 0.1) is 11.3 Å². The van der Waals surface area contributed by atoms with E-state index in [-0.39, 0.29) is 5.54 Å². The Morgan fingerprint density at radius 2 is 2.12 bits per heavy atom. The summed E-state index contributed by atoms with van der Waals surface area (Å²) in [4.78, 5) is 2.12. The minimum atomic E-state index is -0.0928. The highest BCUT2D eigenvalue weighted by molar-refractivity contribution is 6.32. The van der Waals surface area contributed by atoms with E-state index in [1.165, 1.54) is 0 Å². The summed E-state index contributed by atoms with van der Waals surface area (Å²) in [7, 11) is 0. The van der Waals surface area contributed by atoms with Crippen LogP contribution in [0.5, 0.6) is 0 Å². The number of rotatable bonds is 3. The van der Waals surface area contributed by atoms with Crippen LogP contribution in [0.4, 0.5) is 5.69 Å². The molecule has 0 aromatic heterocycles. The lowest BCUT2D eigenvalue weighted by Gasteiger charge is -2.37. The Kier molecular flexibility index (Phi) is 4.20. The smallest absolute Gasteiger partial charge is 0.103 e. The first-order valence-corrected chi connectivity index (χ1v) is 5.86. The highest BCUT2D eigenvalue weighted by atomic mass is 35.5. The van der Waals surface area contributed by atoms with Crippen LogP contribution in [0.15, 0.2) is 30.9 Å². The van der Waals surface area contributed by atoms with E-state index in [0.29, 0.717) is 17.1 Å². The largest absolute Gasteiger partial charge is 0.362 e. The zero-order chi connectivity index (χ0) is 13.1. The molecule has 0 fully saturated rings. The molecule has 0 spiro atoms. The number of benzene rings is 1. The third-order valence-corrected chi connectivity index (χ3v) is 2.83. The van der Waals surface area contributed by atoms with Gasteiger partial charge in [0.05, 0.1) is 16.3 Å². The highest BCUT2D eigenvalue weighted by Gasteiger charge is 2.23. The summed E-state index contributed by atoms with van der Waals surface area (Å²) in [6.45, 7) is 10.7. The molecule has 0 saturated carbocycles. The molecule has 90 valence electrons. The van der Waals surface area contributed by atoms with Crippen LogP contribution >= 0.6 is 11.6 Å². The van der Waals surface area contributed by atoms with Crippen molar-refractivity contribution >= 4 is 17.3 Å². The van der Waals surface area contributed by atoms with Gasteiger partial charge in [0.25, 0.3) is 0 Å². The minimum Gasteiger partial charge on any atom is -0.362 e. The monoisotopic (exact) mass is 248 g/mol. The SMILES string of the molecule is C=CCN(c1cccc(Cl)c1C#N)C(C)(C)C. The Morgan fingerprint density at radius 3 is 2.59 bits per heavy atom. The van der Waals surface area contributed by atoms with Gasteiger partial charge in [0.15, 0.2) is 0 Å². The summed E-state index contributed by atoms with van der Waals surface area (Å²) in [5, 5.41) is 9.68. The van der Waals surface area contributed by atoms with Crippen molar-refractivity contribution in [3.05, 3.63) is 41.4 Å². The molecule has 0 unspecified atom stereocenters. The van der Waals surface area contributed by atoms with E-state index in [0.717, 1.165) is 5.69 Å². The Labute approximate surface area is 108 Å². The summed E-state index contributed by atoms with van der Waals surface area (Å²) >= 11 is 6.05. The van der Waals surface area contributed by atoms with Gasteiger partial charge in [-0.15, -0.1) is 6.58 Å². The molecule has 0 atom stereocenters. The molecular formula is C14H17ClN2. The van der Waals surface area contributed by atoms with Crippen molar-refractivity contribution in [1.82, 2.24) is 0 Å². The molecule has 1 rings (SSSR count). The van der Waals surface area contributed by atoms with Gasteiger partial charge in [-0.2, -0.15) is 5.26 Å². The lowest BCUT2D eigenvalue weighted by Crippen LogP contribution is -2.42. The zero-order valence-corrected chi connectivity index (χ0v) is 11.3. The molecule has 0 heterocycles. The maximum Gasteiger partial charge on any atom is 0.103 e. The molecule has 0 aliphatic carbocycles. The first kappa shape index (κ1) is 13.6. The maximum absolute atomic E-state index is 9.20. The maximum atomic E-state index is 9.20. The number of nitrogens with zero attached hydrogens (tertiary/aromatic N) is 2. The summed E-state index contributed by atoms with van der Waals surface area (Å²) in [6.07, 6.45) is 1.83. The fourth-order valence-electron chi connectivity index (χ4n) is 1.71. The Morgan fingerprint density at radius 1 is 1.47 bits per heavy atom. The van der Waals surface area contributed by atoms with Gasteiger partial charge in [-0.05, 0) is 32.9 Å². The molecule has 0 amide bonds. The Bertz CT molecular complexity index is 452. The topological polar surface area (TPSA) is 27.0 Å². The molecule has 1 aromatic carbocycles. The van der Waals surface area contributed by atoms with E-state index in [1.807, 2.05) is 18.2 Å². The molecule has 1 aromatic rings. The number of anilines is 1. The van der Waals surface area contributed by atoms with Crippen molar-refractivity contribution in [1.29, 1.82) is 5.26 Å². The van der Waals surface area contributed by atoms with Crippen molar-refractivity contribution in [3.63, 3.8) is 0 Å². The van der Waals surface area contributed by atoms with E-state index >= 15 is 0 Å². The third-order valence-electron chi connectivity index (χ3n) is 2.52. The van der Waals surface area contributed by atoms with Crippen LogP contribution in [0.3, 0.4) is 0 Å². The van der Waals surface area contributed by atoms with E-state index in [1.54, 1.807) is 6.07 Å². The van der Waals surface area contributed by atoms with E-state index < -0.39 is 0 Å². The molecule has 0 aliphatic rings. The minimum absolute atomic E-state index is 0.0928. The van der Waals surface area contributed by atoms with Gasteiger partial charge in [0.1, 0.15) is 6.07 Å². The van der Waals surface area contributed by atoms with Crippen LogP contribution in [0.25, 0.3) is 0 Å². The van der Waals surface area contributed by atoms with E-state index in [4.69, 9.17) is 11.6 Å². The van der Waals surface area contributed by atoms with Gasteiger partial charge in [-0.25, -0.2) is 0 Å². The molecule has 3 heteroatoms. The van der Waals surface area contributed by atoms with Crippen LogP contribution in [0.2, 0.25) is 5.02 Å². The first-order valence-electron chi connectivity index (χ1n) is 5.49. The normalized spacial score (nSPS) is 10.8. The molecule has 0 N–H and O–H groups in total. The van der Waals surface area contributed by atoms with E-state index in [2.05, 4.69) is 38.3 Å². The molecule has 0 saturated heterocycles. The molecule has 0 radical (unpaired) electrons. The summed E-state index contributed by atoms with van der Waals surface area (Å²) in [6, 6.07) is 7.68. The predicted molar refractivity (Wildman–Crippen MR) is 73.5 cm³/mol. The first-order chi connectivity index (χ1) is 7.91. The average molecular weight is 249 g/mol. The van der Waals surface area contributed by atoms with Gasteiger partial charge < -0.3 is 4.90 Å². The van der Waals surface area contributed by atoms with Crippen LogP contribution < -0.4 is 4.90 Å². The van der Waals surface area contributed by atoms with Gasteiger partial charge in [-0.1, -0.05) is 23.7 Å². The Hall–Kier alpha value is -1.46. The molecule has 0 aliphatic heterocycles. The van der Waals surface area contributed by atoms with Crippen molar-refractivity contribution in [2.24, 2.45) is 0 Å². The van der Waals surface area contributed by atoms with Crippen LogP contribution in [0.1, 0.15) is 26.3 Å². The zero-order valence-electron chi connectivity index (χ0n) is 10.5. The Balaban J connectivity index is 3.34. The van der Waals surface area contributed by atoms with Gasteiger partial charge in [0.2, 0.25) is 0 Å². The second-order valence-electron chi connectivity index (χ2n) is 4.82. The van der Waals surface area contributed by atoms with Crippen molar-refractivity contribution in [3.8, 4) is 6.07 Å². The highest BCUT2D eigenvalue weighted by Crippen LogP contribution is 2.31. The van der Waals surface area contributed by atoms with Gasteiger partial charge >= 0.3 is 0 Å². The lowest BCUT2D eigenvalue weighted by molar-refractivity contribution is 0.522. The number of halogens is 1. The third kappa shape index (κ3) is 3.01. The van der Waals surface area contributed by atoms with Crippen molar-refractivity contribution in [2.75, 3.05) is 11.4 Å². The fourth-order valence-corrected chi connectivity index (χ4v) is 1.92. The van der Waals surface area contributed by atoms with Gasteiger partial charge in [-0.3, -0.25) is 0 Å². The second kappa shape index (κ2) is 5.25. The van der Waals surface area contributed by atoms with Crippen molar-refractivity contribution < 1.29 is 0 Å². The molecule has 2 nitrogen and oxygen atoms in total. The standard InChI is InChI=1S/C14H17ClN2/c1-5-9-17(14(2,3)4)13-8-6-7-12(15)11(13)10-16/h5-8H,1,9H2,2-4H3. The molecule has 0 bridgehead atoms. The quantitative estimate of drug-likeness (QED) is 0.756. The molecular weight excluding hydrogens is 232 g/mol. The fraction of sp³-hybridized carbons (Fsp3) is 0.357. The number of hydrogen-bond donors (Lipinski definition) is 0. The van der Waals surface area contributed by atoms with Crippen LogP contribution in [-0.4, -0.2) is 12.1 Å². The summed E-state index contributed by atoms with van der Waals surface area (Å²) in [5.41, 5.74) is 1.28. The average Bonchev–Trinajstić information content (AvgIpc) is 2.24. The van der Waals surface area contributed by atoms with E-state index in [9.17, 15) is 5.26 Å². The molecule has 17 heavy (non-hydrogen) atoms. The predicted octanol–water partition coefficient (Wildman–Crippen LogP) is 4.00. The summed E-state index contributed by atoms with van der Waals surface area (Å²) in [5.74, 6) is 0. The number of nitriles is 1. The number of hydrogen-bond acceptors (Lipinski definition) is 2.